The van der Waals surface area contributed by atoms with Gasteiger partial charge in [0.25, 0.3) is 5.91 Å². The summed E-state index contributed by atoms with van der Waals surface area (Å²) in [5.74, 6) is -0.200. The average Bonchev–Trinajstić information content (AvgIpc) is 2.89. The second-order valence-corrected chi connectivity index (χ2v) is 3.47. The van der Waals surface area contributed by atoms with Crippen LogP contribution in [0.15, 0.2) is 30.7 Å². The second kappa shape index (κ2) is 5.11. The summed E-state index contributed by atoms with van der Waals surface area (Å²) in [7, 11) is 1.80. The number of hydrogen-bond donors (Lipinski definition) is 3. The Morgan fingerprint density at radius 2 is 2.29 bits per heavy atom. The first-order valence-electron chi connectivity index (χ1n) is 5.19. The quantitative estimate of drug-likeness (QED) is 0.726. The highest BCUT2D eigenvalue weighted by Crippen LogP contribution is 2.04. The number of aromatic nitrogens is 3. The van der Waals surface area contributed by atoms with Crippen molar-refractivity contribution in [2.75, 3.05) is 12.4 Å². The highest BCUT2D eigenvalue weighted by atomic mass is 16.1. The molecule has 0 aromatic carbocycles. The Balaban J connectivity index is 1.95. The van der Waals surface area contributed by atoms with Gasteiger partial charge in [0, 0.05) is 25.4 Å². The molecule has 0 aliphatic carbocycles. The number of hydrogen-bond acceptors (Lipinski definition) is 4. The third-order valence-electron chi connectivity index (χ3n) is 2.29. The summed E-state index contributed by atoms with van der Waals surface area (Å²) in [6.07, 6.45) is 5.02. The lowest BCUT2D eigenvalue weighted by molar-refractivity contribution is 0.0946. The van der Waals surface area contributed by atoms with Gasteiger partial charge in [-0.1, -0.05) is 0 Å². The minimum Gasteiger partial charge on any atom is -0.387 e. The van der Waals surface area contributed by atoms with E-state index >= 15 is 0 Å². The Labute approximate surface area is 98.5 Å². The molecule has 1 amide bonds. The number of anilines is 1. The van der Waals surface area contributed by atoms with Crippen molar-refractivity contribution in [3.05, 3.63) is 42.0 Å². The van der Waals surface area contributed by atoms with E-state index in [0.717, 1.165) is 11.3 Å². The number of rotatable bonds is 4. The molecule has 0 fully saturated rings. The molecule has 0 atom stereocenters. The number of aromatic amines is 1. The molecule has 2 rings (SSSR count). The lowest BCUT2D eigenvalue weighted by Gasteiger charge is -2.04. The molecule has 3 N–H and O–H groups in total. The first kappa shape index (κ1) is 11.1. The Hall–Kier alpha value is -2.37. The molecule has 0 radical (unpaired) electrons. The molecular formula is C11H13N5O. The molecule has 0 bridgehead atoms. The summed E-state index contributed by atoms with van der Waals surface area (Å²) < 4.78 is 0. The number of H-pyrrole nitrogens is 1. The molecule has 88 valence electrons. The van der Waals surface area contributed by atoms with E-state index in [1.807, 2.05) is 0 Å². The van der Waals surface area contributed by atoms with Crippen LogP contribution in [0.5, 0.6) is 0 Å². The van der Waals surface area contributed by atoms with Gasteiger partial charge >= 0.3 is 0 Å². The molecule has 0 aliphatic rings. The minimum atomic E-state index is -0.200. The number of carbonyl (C=O) groups is 1. The van der Waals surface area contributed by atoms with Crippen molar-refractivity contribution in [2.45, 2.75) is 6.54 Å². The summed E-state index contributed by atoms with van der Waals surface area (Å²) in [4.78, 5) is 15.8. The van der Waals surface area contributed by atoms with Crippen LogP contribution in [0, 0.1) is 0 Å². The largest absolute Gasteiger partial charge is 0.387 e. The van der Waals surface area contributed by atoms with Crippen molar-refractivity contribution in [1.29, 1.82) is 0 Å². The summed E-state index contributed by atoms with van der Waals surface area (Å²) in [5.41, 5.74) is 2.19. The smallest absolute Gasteiger partial charge is 0.270 e. The molecule has 0 aliphatic heterocycles. The predicted octanol–water partition coefficient (Wildman–Crippen LogP) is 0.776. The van der Waals surface area contributed by atoms with Crippen LogP contribution in [-0.2, 0) is 6.54 Å². The molecule has 2 aromatic rings. The van der Waals surface area contributed by atoms with Gasteiger partial charge in [-0.25, -0.2) is 4.98 Å². The molecule has 2 aromatic heterocycles. The van der Waals surface area contributed by atoms with E-state index < -0.39 is 0 Å². The molecule has 0 spiro atoms. The fraction of sp³-hybridized carbons (Fsp3) is 0.182. The molecule has 2 heterocycles. The third-order valence-corrected chi connectivity index (χ3v) is 2.29. The van der Waals surface area contributed by atoms with Crippen LogP contribution in [0.3, 0.4) is 0 Å². The zero-order chi connectivity index (χ0) is 12.1. The first-order chi connectivity index (χ1) is 8.29. The Kier molecular flexibility index (Phi) is 3.34. The normalized spacial score (nSPS) is 9.94. The van der Waals surface area contributed by atoms with Gasteiger partial charge in [0.2, 0.25) is 0 Å². The van der Waals surface area contributed by atoms with Gasteiger partial charge in [0.1, 0.15) is 5.69 Å². The lowest BCUT2D eigenvalue weighted by Crippen LogP contribution is -2.23. The van der Waals surface area contributed by atoms with Gasteiger partial charge in [0.05, 0.1) is 18.1 Å². The fourth-order valence-electron chi connectivity index (χ4n) is 1.32. The van der Waals surface area contributed by atoms with Gasteiger partial charge < -0.3 is 10.6 Å². The Morgan fingerprint density at radius 3 is 2.88 bits per heavy atom. The molecule has 6 heteroatoms. The van der Waals surface area contributed by atoms with Gasteiger partial charge in [-0.2, -0.15) is 5.10 Å². The maximum absolute atomic E-state index is 11.7. The fourth-order valence-corrected chi connectivity index (χ4v) is 1.32. The standard InChI is InChI=1S/C11H13N5O/c1-12-9-2-3-10(13-7-9)11(17)14-4-8-5-15-16-6-8/h2-3,5-7,12H,4H2,1H3,(H,14,17)(H,15,16). The van der Waals surface area contributed by atoms with Crippen molar-refractivity contribution in [1.82, 2.24) is 20.5 Å². The van der Waals surface area contributed by atoms with Gasteiger partial charge in [-0.15, -0.1) is 0 Å². The SMILES string of the molecule is CNc1ccc(C(=O)NCc2cn[nH]c2)nc1. The number of nitrogens with zero attached hydrogens (tertiary/aromatic N) is 2. The topological polar surface area (TPSA) is 82.7 Å². The maximum atomic E-state index is 11.7. The van der Waals surface area contributed by atoms with E-state index in [1.165, 1.54) is 0 Å². The van der Waals surface area contributed by atoms with Crippen LogP contribution in [-0.4, -0.2) is 28.1 Å². The Morgan fingerprint density at radius 1 is 1.41 bits per heavy atom. The number of pyridine rings is 1. The molecule has 17 heavy (non-hydrogen) atoms. The van der Waals surface area contributed by atoms with Crippen LogP contribution in [0.25, 0.3) is 0 Å². The zero-order valence-corrected chi connectivity index (χ0v) is 9.40. The predicted molar refractivity (Wildman–Crippen MR) is 63.5 cm³/mol. The number of carbonyl (C=O) groups excluding carboxylic acids is 1. The number of amides is 1. The summed E-state index contributed by atoms with van der Waals surface area (Å²) in [6, 6.07) is 3.48. The highest BCUT2D eigenvalue weighted by Gasteiger charge is 2.06. The van der Waals surface area contributed by atoms with Gasteiger partial charge in [-0.05, 0) is 12.1 Å². The van der Waals surface area contributed by atoms with E-state index in [-0.39, 0.29) is 5.91 Å². The highest BCUT2D eigenvalue weighted by molar-refractivity contribution is 5.92. The summed E-state index contributed by atoms with van der Waals surface area (Å²) in [6.45, 7) is 0.435. The van der Waals surface area contributed by atoms with Crippen molar-refractivity contribution in [3.63, 3.8) is 0 Å². The third kappa shape index (κ3) is 2.81. The van der Waals surface area contributed by atoms with Gasteiger partial charge in [-0.3, -0.25) is 9.89 Å². The Bertz CT molecular complexity index is 477. The lowest BCUT2D eigenvalue weighted by atomic mass is 10.3. The molecule has 0 unspecified atom stereocenters. The molecular weight excluding hydrogens is 218 g/mol. The van der Waals surface area contributed by atoms with E-state index in [1.54, 1.807) is 37.8 Å². The average molecular weight is 231 g/mol. The molecule has 0 saturated heterocycles. The van der Waals surface area contributed by atoms with Crippen LogP contribution in [0.2, 0.25) is 0 Å². The van der Waals surface area contributed by atoms with Crippen molar-refractivity contribution >= 4 is 11.6 Å². The minimum absolute atomic E-state index is 0.200. The van der Waals surface area contributed by atoms with E-state index in [4.69, 9.17) is 0 Å². The van der Waals surface area contributed by atoms with Crippen LogP contribution >= 0.6 is 0 Å². The maximum Gasteiger partial charge on any atom is 0.270 e. The monoisotopic (exact) mass is 231 g/mol. The summed E-state index contributed by atoms with van der Waals surface area (Å²) in [5, 5.41) is 12.2. The molecule has 6 nitrogen and oxygen atoms in total. The number of nitrogens with one attached hydrogen (secondary N) is 3. The zero-order valence-electron chi connectivity index (χ0n) is 9.40. The van der Waals surface area contributed by atoms with Gasteiger partial charge in [0.15, 0.2) is 0 Å². The van der Waals surface area contributed by atoms with E-state index in [2.05, 4.69) is 25.8 Å². The van der Waals surface area contributed by atoms with Crippen molar-refractivity contribution in [3.8, 4) is 0 Å². The van der Waals surface area contributed by atoms with Crippen molar-refractivity contribution < 1.29 is 4.79 Å². The first-order valence-corrected chi connectivity index (χ1v) is 5.19. The second-order valence-electron chi connectivity index (χ2n) is 3.47. The van der Waals surface area contributed by atoms with Crippen LogP contribution in [0.4, 0.5) is 5.69 Å². The van der Waals surface area contributed by atoms with Crippen LogP contribution < -0.4 is 10.6 Å². The van der Waals surface area contributed by atoms with E-state index in [9.17, 15) is 4.79 Å². The summed E-state index contributed by atoms with van der Waals surface area (Å²) >= 11 is 0. The molecule has 0 saturated carbocycles. The van der Waals surface area contributed by atoms with Crippen LogP contribution in [0.1, 0.15) is 16.1 Å². The van der Waals surface area contributed by atoms with Crippen molar-refractivity contribution in [2.24, 2.45) is 0 Å². The van der Waals surface area contributed by atoms with E-state index in [0.29, 0.717) is 12.2 Å².